The second-order valence-corrected chi connectivity index (χ2v) is 5.32. The molecule has 1 aromatic heterocycles. The predicted molar refractivity (Wildman–Crippen MR) is 88.0 cm³/mol. The molecule has 1 N–H and O–H groups in total. The SMILES string of the molecule is O=C(NCc1cc(CCc2ccccc2)no1)c1ccccc1. The van der Waals surface area contributed by atoms with Crippen LogP contribution in [0.3, 0.4) is 0 Å². The normalized spacial score (nSPS) is 10.4. The minimum absolute atomic E-state index is 0.118. The molecule has 0 atom stereocenters. The van der Waals surface area contributed by atoms with Crippen LogP contribution in [0.5, 0.6) is 0 Å². The molecule has 0 unspecified atom stereocenters. The number of aromatic nitrogens is 1. The third kappa shape index (κ3) is 4.30. The number of rotatable bonds is 6. The van der Waals surface area contributed by atoms with Crippen LogP contribution >= 0.6 is 0 Å². The Morgan fingerprint density at radius 2 is 1.65 bits per heavy atom. The van der Waals surface area contributed by atoms with Gasteiger partial charge in [-0.2, -0.15) is 0 Å². The van der Waals surface area contributed by atoms with Crippen molar-refractivity contribution in [2.75, 3.05) is 0 Å². The van der Waals surface area contributed by atoms with Crippen LogP contribution in [0.25, 0.3) is 0 Å². The van der Waals surface area contributed by atoms with Crippen molar-refractivity contribution in [3.05, 3.63) is 89.3 Å². The van der Waals surface area contributed by atoms with Crippen molar-refractivity contribution in [2.24, 2.45) is 0 Å². The van der Waals surface area contributed by atoms with Crippen LogP contribution in [0, 0.1) is 0 Å². The van der Waals surface area contributed by atoms with Gasteiger partial charge >= 0.3 is 0 Å². The monoisotopic (exact) mass is 306 g/mol. The average molecular weight is 306 g/mol. The van der Waals surface area contributed by atoms with Gasteiger partial charge in [0.2, 0.25) is 0 Å². The fourth-order valence-corrected chi connectivity index (χ4v) is 2.33. The highest BCUT2D eigenvalue weighted by Crippen LogP contribution is 2.09. The summed E-state index contributed by atoms with van der Waals surface area (Å²) in [5, 5.41) is 6.89. The van der Waals surface area contributed by atoms with E-state index in [1.54, 1.807) is 12.1 Å². The van der Waals surface area contributed by atoms with E-state index in [2.05, 4.69) is 22.6 Å². The molecular formula is C19H18N2O2. The number of benzene rings is 2. The number of aryl methyl sites for hydroxylation is 2. The Balaban J connectivity index is 1.50. The van der Waals surface area contributed by atoms with Crippen LogP contribution < -0.4 is 5.32 Å². The van der Waals surface area contributed by atoms with Crippen LogP contribution in [0.1, 0.15) is 27.4 Å². The van der Waals surface area contributed by atoms with E-state index >= 15 is 0 Å². The molecule has 0 aliphatic carbocycles. The topological polar surface area (TPSA) is 55.1 Å². The van der Waals surface area contributed by atoms with E-state index in [0.29, 0.717) is 17.9 Å². The fourth-order valence-electron chi connectivity index (χ4n) is 2.33. The van der Waals surface area contributed by atoms with Gasteiger partial charge in [-0.05, 0) is 30.5 Å². The lowest BCUT2D eigenvalue weighted by atomic mass is 10.1. The molecule has 1 heterocycles. The predicted octanol–water partition coefficient (Wildman–Crippen LogP) is 3.39. The number of carbonyl (C=O) groups excluding carboxylic acids is 1. The van der Waals surface area contributed by atoms with Gasteiger partial charge in [-0.25, -0.2) is 0 Å². The Hall–Kier alpha value is -2.88. The number of carbonyl (C=O) groups is 1. The van der Waals surface area contributed by atoms with E-state index in [0.717, 1.165) is 18.5 Å². The summed E-state index contributed by atoms with van der Waals surface area (Å²) in [6, 6.07) is 21.3. The van der Waals surface area contributed by atoms with Crippen molar-refractivity contribution < 1.29 is 9.32 Å². The van der Waals surface area contributed by atoms with Crippen molar-refractivity contribution in [1.82, 2.24) is 10.5 Å². The van der Waals surface area contributed by atoms with E-state index in [4.69, 9.17) is 4.52 Å². The lowest BCUT2D eigenvalue weighted by molar-refractivity contribution is 0.0947. The van der Waals surface area contributed by atoms with Gasteiger partial charge in [0.15, 0.2) is 5.76 Å². The molecule has 2 aromatic carbocycles. The van der Waals surface area contributed by atoms with Gasteiger partial charge < -0.3 is 9.84 Å². The van der Waals surface area contributed by atoms with Gasteiger partial charge in [0.1, 0.15) is 0 Å². The van der Waals surface area contributed by atoms with Crippen molar-refractivity contribution in [1.29, 1.82) is 0 Å². The summed E-state index contributed by atoms with van der Waals surface area (Å²) < 4.78 is 5.27. The number of hydrogen-bond donors (Lipinski definition) is 1. The third-order valence-corrected chi connectivity index (χ3v) is 3.58. The van der Waals surface area contributed by atoms with Gasteiger partial charge in [0.05, 0.1) is 12.2 Å². The van der Waals surface area contributed by atoms with Crippen LogP contribution in [-0.4, -0.2) is 11.1 Å². The molecule has 23 heavy (non-hydrogen) atoms. The highest BCUT2D eigenvalue weighted by atomic mass is 16.5. The first kappa shape index (κ1) is 15.0. The zero-order valence-corrected chi connectivity index (χ0v) is 12.7. The largest absolute Gasteiger partial charge is 0.359 e. The number of nitrogens with zero attached hydrogens (tertiary/aromatic N) is 1. The molecule has 1 amide bonds. The maximum atomic E-state index is 12.0. The second-order valence-electron chi connectivity index (χ2n) is 5.32. The Morgan fingerprint density at radius 3 is 2.39 bits per heavy atom. The van der Waals surface area contributed by atoms with E-state index in [9.17, 15) is 4.79 Å². The maximum absolute atomic E-state index is 12.0. The first-order valence-corrected chi connectivity index (χ1v) is 7.63. The van der Waals surface area contributed by atoms with Crippen molar-refractivity contribution in [3.8, 4) is 0 Å². The van der Waals surface area contributed by atoms with Crippen molar-refractivity contribution in [2.45, 2.75) is 19.4 Å². The Kier molecular flexibility index (Phi) is 4.84. The molecule has 0 saturated carbocycles. The zero-order valence-electron chi connectivity index (χ0n) is 12.7. The molecule has 3 aromatic rings. The summed E-state index contributed by atoms with van der Waals surface area (Å²) in [5.74, 6) is 0.546. The molecule has 0 fully saturated rings. The Morgan fingerprint density at radius 1 is 0.957 bits per heavy atom. The highest BCUT2D eigenvalue weighted by molar-refractivity contribution is 5.93. The van der Waals surface area contributed by atoms with Gasteiger partial charge in [0.25, 0.3) is 5.91 Å². The standard InChI is InChI=1S/C19H18N2O2/c22-19(16-9-5-2-6-10-16)20-14-18-13-17(21-23-18)12-11-15-7-3-1-4-8-15/h1-10,13H,11-12,14H2,(H,20,22). The molecule has 4 nitrogen and oxygen atoms in total. The van der Waals surface area contributed by atoms with Crippen LogP contribution in [0.2, 0.25) is 0 Å². The smallest absolute Gasteiger partial charge is 0.251 e. The lowest BCUT2D eigenvalue weighted by Crippen LogP contribution is -2.22. The van der Waals surface area contributed by atoms with Gasteiger partial charge in [-0.3, -0.25) is 4.79 Å². The molecule has 0 bridgehead atoms. The summed E-state index contributed by atoms with van der Waals surface area (Å²) >= 11 is 0. The van der Waals surface area contributed by atoms with Crippen molar-refractivity contribution in [3.63, 3.8) is 0 Å². The quantitative estimate of drug-likeness (QED) is 0.759. The summed E-state index contributed by atoms with van der Waals surface area (Å²) in [4.78, 5) is 12.0. The van der Waals surface area contributed by atoms with Gasteiger partial charge in [-0.1, -0.05) is 53.7 Å². The van der Waals surface area contributed by atoms with Gasteiger partial charge in [-0.15, -0.1) is 0 Å². The van der Waals surface area contributed by atoms with Crippen LogP contribution in [-0.2, 0) is 19.4 Å². The van der Waals surface area contributed by atoms with E-state index in [1.807, 2.05) is 42.5 Å². The fraction of sp³-hybridized carbons (Fsp3) is 0.158. The maximum Gasteiger partial charge on any atom is 0.251 e. The Bertz CT molecular complexity index is 751. The Labute approximate surface area is 135 Å². The first-order chi connectivity index (χ1) is 11.3. The van der Waals surface area contributed by atoms with E-state index < -0.39 is 0 Å². The van der Waals surface area contributed by atoms with Crippen LogP contribution in [0.15, 0.2) is 71.3 Å². The minimum Gasteiger partial charge on any atom is -0.359 e. The second kappa shape index (κ2) is 7.40. The van der Waals surface area contributed by atoms with E-state index in [1.165, 1.54) is 5.56 Å². The summed E-state index contributed by atoms with van der Waals surface area (Å²) in [5.41, 5.74) is 2.81. The summed E-state index contributed by atoms with van der Waals surface area (Å²) in [7, 11) is 0. The average Bonchev–Trinajstić information content (AvgIpc) is 3.07. The van der Waals surface area contributed by atoms with Crippen LogP contribution in [0.4, 0.5) is 0 Å². The lowest BCUT2D eigenvalue weighted by Gasteiger charge is -2.01. The minimum atomic E-state index is -0.118. The molecule has 0 saturated heterocycles. The zero-order chi connectivity index (χ0) is 15.9. The molecule has 116 valence electrons. The number of nitrogens with one attached hydrogen (secondary N) is 1. The van der Waals surface area contributed by atoms with Crippen molar-refractivity contribution >= 4 is 5.91 Å². The molecule has 4 heteroatoms. The van der Waals surface area contributed by atoms with Gasteiger partial charge in [0, 0.05) is 11.6 Å². The summed E-state index contributed by atoms with van der Waals surface area (Å²) in [6.07, 6.45) is 1.74. The molecule has 0 radical (unpaired) electrons. The number of amides is 1. The highest BCUT2D eigenvalue weighted by Gasteiger charge is 2.08. The molecule has 3 rings (SSSR count). The molecular weight excluding hydrogens is 288 g/mol. The molecule has 0 spiro atoms. The molecule has 0 aliphatic heterocycles. The first-order valence-electron chi connectivity index (χ1n) is 7.63. The number of hydrogen-bond acceptors (Lipinski definition) is 3. The third-order valence-electron chi connectivity index (χ3n) is 3.58. The molecule has 0 aliphatic rings. The van der Waals surface area contributed by atoms with E-state index in [-0.39, 0.29) is 5.91 Å². The summed E-state index contributed by atoms with van der Waals surface area (Å²) in [6.45, 7) is 0.339.